The number of imidazole rings is 1. The number of aromatic nitrogens is 4. The van der Waals surface area contributed by atoms with Crippen molar-refractivity contribution in [2.75, 3.05) is 5.32 Å². The first kappa shape index (κ1) is 21.3. The minimum atomic E-state index is -0.238. The Bertz CT molecular complexity index is 1460. The lowest BCUT2D eigenvalue weighted by Gasteiger charge is -2.09. The van der Waals surface area contributed by atoms with Crippen LogP contribution in [0.4, 0.5) is 5.82 Å². The van der Waals surface area contributed by atoms with Gasteiger partial charge in [-0.2, -0.15) is 0 Å². The number of carbonyl (C=O) groups excluding carboxylic acids is 1. The van der Waals surface area contributed by atoms with E-state index in [4.69, 9.17) is 4.74 Å². The topological polar surface area (TPSA) is 81.9 Å². The Morgan fingerprint density at radius 3 is 2.41 bits per heavy atom. The van der Waals surface area contributed by atoms with Gasteiger partial charge in [0.1, 0.15) is 24.0 Å². The molecule has 0 unspecified atom stereocenters. The van der Waals surface area contributed by atoms with Crippen LogP contribution in [-0.2, 0) is 13.7 Å². The number of fused-ring (bicyclic) bond motifs is 1. The van der Waals surface area contributed by atoms with Crippen LogP contribution in [0.5, 0.6) is 5.75 Å². The fourth-order valence-corrected chi connectivity index (χ4v) is 3.62. The fraction of sp³-hybridized carbons (Fsp3) is 0.111. The average Bonchev–Trinajstić information content (AvgIpc) is 3.21. The van der Waals surface area contributed by atoms with E-state index in [0.717, 1.165) is 33.5 Å². The zero-order valence-corrected chi connectivity index (χ0v) is 18.9. The number of benzene rings is 2. The smallest absolute Gasteiger partial charge is 0.256 e. The number of rotatable bonds is 6. The van der Waals surface area contributed by atoms with Crippen LogP contribution in [0.3, 0.4) is 0 Å². The Balaban J connectivity index is 1.29. The van der Waals surface area contributed by atoms with Crippen LogP contribution in [0.1, 0.15) is 21.7 Å². The van der Waals surface area contributed by atoms with Crippen molar-refractivity contribution in [1.29, 1.82) is 0 Å². The van der Waals surface area contributed by atoms with Crippen LogP contribution in [0, 0.1) is 6.92 Å². The molecule has 34 heavy (non-hydrogen) atoms. The summed E-state index contributed by atoms with van der Waals surface area (Å²) >= 11 is 0. The number of amides is 1. The molecule has 0 aliphatic rings. The van der Waals surface area contributed by atoms with Crippen LogP contribution < -0.4 is 10.1 Å². The number of ether oxygens (including phenoxy) is 1. The van der Waals surface area contributed by atoms with Gasteiger partial charge in [-0.05, 0) is 54.3 Å². The maximum atomic E-state index is 12.8. The second-order valence-electron chi connectivity index (χ2n) is 7.99. The second kappa shape index (κ2) is 9.15. The number of pyridine rings is 2. The average molecular weight is 450 g/mol. The summed E-state index contributed by atoms with van der Waals surface area (Å²) in [6.45, 7) is 2.42. The second-order valence-corrected chi connectivity index (χ2v) is 7.99. The third kappa shape index (κ3) is 4.49. The van der Waals surface area contributed by atoms with Gasteiger partial charge in [-0.1, -0.05) is 30.3 Å². The summed E-state index contributed by atoms with van der Waals surface area (Å²) in [5.74, 6) is 1.85. The number of hydrogen-bond acceptors (Lipinski definition) is 5. The first-order valence-corrected chi connectivity index (χ1v) is 10.9. The molecule has 3 heterocycles. The monoisotopic (exact) mass is 449 g/mol. The largest absolute Gasteiger partial charge is 0.489 e. The van der Waals surface area contributed by atoms with Crippen molar-refractivity contribution < 1.29 is 9.53 Å². The van der Waals surface area contributed by atoms with E-state index in [2.05, 4.69) is 20.3 Å². The molecule has 1 N–H and O–H groups in total. The van der Waals surface area contributed by atoms with Crippen molar-refractivity contribution in [1.82, 2.24) is 19.5 Å². The molecule has 0 saturated carbocycles. The number of carbonyl (C=O) groups is 1. The van der Waals surface area contributed by atoms with Crippen LogP contribution >= 0.6 is 0 Å². The van der Waals surface area contributed by atoms with Gasteiger partial charge in [0.05, 0.1) is 17.6 Å². The summed E-state index contributed by atoms with van der Waals surface area (Å²) in [5, 5.41) is 4.69. The van der Waals surface area contributed by atoms with Crippen molar-refractivity contribution in [3.63, 3.8) is 0 Å². The molecule has 1 amide bonds. The number of nitrogens with zero attached hydrogens (tertiary/aromatic N) is 4. The van der Waals surface area contributed by atoms with Gasteiger partial charge >= 0.3 is 0 Å². The molecule has 0 spiro atoms. The van der Waals surface area contributed by atoms with Gasteiger partial charge < -0.3 is 14.6 Å². The highest BCUT2D eigenvalue weighted by Gasteiger charge is 2.11. The lowest BCUT2D eigenvalue weighted by atomic mass is 10.1. The molecule has 5 rings (SSSR count). The first-order valence-electron chi connectivity index (χ1n) is 10.9. The Morgan fingerprint density at radius 2 is 1.68 bits per heavy atom. The highest BCUT2D eigenvalue weighted by molar-refractivity contribution is 6.04. The summed E-state index contributed by atoms with van der Waals surface area (Å²) in [6.07, 6.45) is 5.29. The third-order valence-electron chi connectivity index (χ3n) is 5.69. The molecule has 168 valence electrons. The van der Waals surface area contributed by atoms with E-state index < -0.39 is 0 Å². The summed E-state index contributed by atoms with van der Waals surface area (Å²) in [5.41, 5.74) is 3.35. The predicted molar refractivity (Wildman–Crippen MR) is 132 cm³/mol. The Morgan fingerprint density at radius 1 is 0.912 bits per heavy atom. The highest BCUT2D eigenvalue weighted by atomic mass is 16.5. The van der Waals surface area contributed by atoms with Gasteiger partial charge in [0.2, 0.25) is 0 Å². The van der Waals surface area contributed by atoms with Gasteiger partial charge in [0.15, 0.2) is 0 Å². The molecule has 7 heteroatoms. The van der Waals surface area contributed by atoms with E-state index in [1.165, 1.54) is 0 Å². The standard InChI is InChI=1S/C27H23N5O2/c1-18-28-16-25(32(18)2)24-12-21-13-26(30-15-22(21)14-29-24)31-27(33)20-8-10-23(11-9-20)34-17-19-6-4-3-5-7-19/h3-16H,17H2,1-2H3,(H,30,31,33). The van der Waals surface area contributed by atoms with Gasteiger partial charge in [0, 0.05) is 30.4 Å². The fourth-order valence-electron chi connectivity index (χ4n) is 3.62. The van der Waals surface area contributed by atoms with Crippen LogP contribution in [0.15, 0.2) is 85.3 Å². The molecule has 5 aromatic rings. The van der Waals surface area contributed by atoms with Crippen molar-refractivity contribution in [2.45, 2.75) is 13.5 Å². The number of anilines is 1. The van der Waals surface area contributed by atoms with E-state index in [0.29, 0.717) is 23.7 Å². The maximum absolute atomic E-state index is 12.8. The Labute approximate surface area is 197 Å². The molecule has 0 saturated heterocycles. The van der Waals surface area contributed by atoms with E-state index in [1.54, 1.807) is 42.9 Å². The lowest BCUT2D eigenvalue weighted by Crippen LogP contribution is -2.12. The van der Waals surface area contributed by atoms with Crippen molar-refractivity contribution >= 4 is 22.5 Å². The quantitative estimate of drug-likeness (QED) is 0.387. The first-order chi connectivity index (χ1) is 16.6. The van der Waals surface area contributed by atoms with Crippen molar-refractivity contribution in [3.8, 4) is 17.1 Å². The SMILES string of the molecule is Cc1ncc(-c2cc3cc(NC(=O)c4ccc(OCc5ccccc5)cc4)ncc3cn2)n1C. The molecule has 0 atom stereocenters. The van der Waals surface area contributed by atoms with Gasteiger partial charge in [-0.25, -0.2) is 9.97 Å². The van der Waals surface area contributed by atoms with Crippen molar-refractivity contribution in [2.24, 2.45) is 7.05 Å². The molecular formula is C27H23N5O2. The van der Waals surface area contributed by atoms with E-state index in [9.17, 15) is 4.79 Å². The molecule has 0 bridgehead atoms. The predicted octanol–water partition coefficient (Wildman–Crippen LogP) is 5.17. The van der Waals surface area contributed by atoms with E-state index in [1.807, 2.05) is 61.0 Å². The molecule has 0 aliphatic heterocycles. The number of nitrogens with one attached hydrogen (secondary N) is 1. The Hall–Kier alpha value is -4.52. The van der Waals surface area contributed by atoms with Crippen LogP contribution in [0.2, 0.25) is 0 Å². The highest BCUT2D eigenvalue weighted by Crippen LogP contribution is 2.24. The van der Waals surface area contributed by atoms with E-state index in [-0.39, 0.29) is 5.91 Å². The normalized spacial score (nSPS) is 10.9. The third-order valence-corrected chi connectivity index (χ3v) is 5.69. The van der Waals surface area contributed by atoms with Crippen LogP contribution in [-0.4, -0.2) is 25.4 Å². The molecule has 0 radical (unpaired) electrons. The zero-order valence-electron chi connectivity index (χ0n) is 18.9. The maximum Gasteiger partial charge on any atom is 0.256 e. The molecule has 0 aliphatic carbocycles. The number of hydrogen-bond donors (Lipinski definition) is 1. The van der Waals surface area contributed by atoms with Gasteiger partial charge in [-0.15, -0.1) is 0 Å². The van der Waals surface area contributed by atoms with E-state index >= 15 is 0 Å². The van der Waals surface area contributed by atoms with Crippen LogP contribution in [0.25, 0.3) is 22.2 Å². The molecule has 3 aromatic heterocycles. The summed E-state index contributed by atoms with van der Waals surface area (Å²) in [4.78, 5) is 26.0. The minimum absolute atomic E-state index is 0.238. The summed E-state index contributed by atoms with van der Waals surface area (Å²) in [6, 6.07) is 20.8. The number of aryl methyl sites for hydroxylation is 1. The lowest BCUT2D eigenvalue weighted by molar-refractivity contribution is 0.102. The molecule has 0 fully saturated rings. The van der Waals surface area contributed by atoms with Gasteiger partial charge in [0.25, 0.3) is 5.91 Å². The summed E-state index contributed by atoms with van der Waals surface area (Å²) in [7, 11) is 1.96. The minimum Gasteiger partial charge on any atom is -0.489 e. The van der Waals surface area contributed by atoms with Crippen molar-refractivity contribution in [3.05, 3.63) is 102 Å². The zero-order chi connectivity index (χ0) is 23.5. The molecule has 2 aromatic carbocycles. The summed E-state index contributed by atoms with van der Waals surface area (Å²) < 4.78 is 7.79. The molecular weight excluding hydrogens is 426 g/mol. The molecule has 7 nitrogen and oxygen atoms in total. The van der Waals surface area contributed by atoms with Gasteiger partial charge in [-0.3, -0.25) is 9.78 Å². The Kier molecular flexibility index (Phi) is 5.74.